The van der Waals surface area contributed by atoms with E-state index in [1.165, 1.54) is 27.2 Å². The molecule has 1 unspecified atom stereocenters. The van der Waals surface area contributed by atoms with Gasteiger partial charge in [-0.05, 0) is 47.9 Å². The van der Waals surface area contributed by atoms with Gasteiger partial charge in [0, 0.05) is 29.8 Å². The first-order valence-electron chi connectivity index (χ1n) is 12.4. The molecule has 3 aliphatic rings. The van der Waals surface area contributed by atoms with Crippen molar-refractivity contribution < 1.29 is 24.2 Å². The molecule has 1 saturated carbocycles. The highest BCUT2D eigenvalue weighted by Gasteiger charge is 2.53. The smallest absolute Gasteiger partial charge is 0.407 e. The van der Waals surface area contributed by atoms with Crippen molar-refractivity contribution in [2.75, 3.05) is 13.2 Å². The van der Waals surface area contributed by atoms with Crippen molar-refractivity contribution >= 4 is 18.0 Å². The minimum atomic E-state index is -0.944. The maximum atomic E-state index is 12.9. The minimum absolute atomic E-state index is 0.0180. The summed E-state index contributed by atoms with van der Waals surface area (Å²) >= 11 is 0. The summed E-state index contributed by atoms with van der Waals surface area (Å²) < 4.78 is 5.65. The first-order valence-corrected chi connectivity index (χ1v) is 12.4. The molecule has 0 radical (unpaired) electrons. The van der Waals surface area contributed by atoms with Crippen LogP contribution in [0.5, 0.6) is 0 Å². The van der Waals surface area contributed by atoms with Crippen LogP contribution in [0, 0.1) is 11.3 Å². The molecular formula is C28H32N2O5. The Bertz CT molecular complexity index is 1110. The van der Waals surface area contributed by atoms with Crippen LogP contribution in [0.3, 0.4) is 0 Å². The number of rotatable bonds is 5. The number of alkyl carbamates (subject to hydrolysis) is 1. The molecule has 35 heavy (non-hydrogen) atoms. The fourth-order valence-corrected chi connectivity index (χ4v) is 6.12. The van der Waals surface area contributed by atoms with Crippen molar-refractivity contribution in [1.29, 1.82) is 0 Å². The summed E-state index contributed by atoms with van der Waals surface area (Å²) in [5.74, 6) is -1.19. The van der Waals surface area contributed by atoms with E-state index in [2.05, 4.69) is 29.6 Å². The molecule has 2 aliphatic carbocycles. The van der Waals surface area contributed by atoms with Gasteiger partial charge in [0.15, 0.2) is 0 Å². The number of ether oxygens (including phenoxy) is 1. The number of fused-ring (bicyclic) bond motifs is 3. The highest BCUT2D eigenvalue weighted by Crippen LogP contribution is 2.44. The van der Waals surface area contributed by atoms with E-state index in [-0.39, 0.29) is 30.4 Å². The van der Waals surface area contributed by atoms with Crippen LogP contribution >= 0.6 is 0 Å². The number of benzene rings is 2. The molecule has 1 saturated heterocycles. The number of carbonyl (C=O) groups excluding carboxylic acids is 2. The number of nitrogens with one attached hydrogen (secondary N) is 1. The van der Waals surface area contributed by atoms with E-state index in [0.717, 1.165) is 0 Å². The third-order valence-corrected chi connectivity index (χ3v) is 7.89. The first-order chi connectivity index (χ1) is 16.8. The van der Waals surface area contributed by atoms with Crippen LogP contribution in [0.25, 0.3) is 11.1 Å². The van der Waals surface area contributed by atoms with Crippen LogP contribution in [-0.2, 0) is 14.3 Å². The van der Waals surface area contributed by atoms with Crippen molar-refractivity contribution in [3.63, 3.8) is 0 Å². The molecule has 1 aliphatic heterocycles. The molecule has 2 amide bonds. The number of carbonyl (C=O) groups is 3. The number of hydrogen-bond donors (Lipinski definition) is 2. The Balaban J connectivity index is 1.12. The number of carboxylic acids is 1. The Morgan fingerprint density at radius 1 is 0.971 bits per heavy atom. The van der Waals surface area contributed by atoms with Crippen molar-refractivity contribution in [3.8, 4) is 11.1 Å². The quantitative estimate of drug-likeness (QED) is 0.667. The molecule has 7 heteroatoms. The molecule has 7 nitrogen and oxygen atoms in total. The van der Waals surface area contributed by atoms with Gasteiger partial charge in [0.2, 0.25) is 5.91 Å². The van der Waals surface area contributed by atoms with Crippen LogP contribution in [0.4, 0.5) is 4.79 Å². The molecule has 2 N–H and O–H groups in total. The number of aliphatic carboxylic acids is 1. The van der Waals surface area contributed by atoms with E-state index in [1.807, 2.05) is 38.1 Å². The van der Waals surface area contributed by atoms with Gasteiger partial charge >= 0.3 is 12.1 Å². The minimum Gasteiger partial charge on any atom is -0.480 e. The Hall–Kier alpha value is -3.35. The Labute approximate surface area is 205 Å². The molecule has 0 spiro atoms. The fraction of sp³-hybridized carbons (Fsp3) is 0.464. The standard InChI is InChI=1S/C28H32N2O5/c1-28(2)16-30(24(28)26(32)33)25(31)17-11-13-18(14-12-17)29-27(34)35-15-23-21-9-5-3-7-19(21)20-8-4-6-10-22(20)23/h3-10,17-18,23-24H,11-16H2,1-2H3,(H,29,34)(H,32,33). The van der Waals surface area contributed by atoms with E-state index in [1.54, 1.807) is 0 Å². The van der Waals surface area contributed by atoms with Gasteiger partial charge in [-0.15, -0.1) is 0 Å². The lowest BCUT2D eigenvalue weighted by atomic mass is 9.73. The maximum absolute atomic E-state index is 12.9. The molecule has 2 aromatic carbocycles. The van der Waals surface area contributed by atoms with Crippen LogP contribution < -0.4 is 5.32 Å². The molecule has 0 aromatic heterocycles. The molecule has 184 valence electrons. The second-order valence-corrected chi connectivity index (χ2v) is 10.7. The summed E-state index contributed by atoms with van der Waals surface area (Å²) in [6.07, 6.45) is 2.19. The lowest BCUT2D eigenvalue weighted by Gasteiger charge is -2.52. The zero-order valence-corrected chi connectivity index (χ0v) is 20.2. The fourth-order valence-electron chi connectivity index (χ4n) is 6.12. The van der Waals surface area contributed by atoms with Gasteiger partial charge in [-0.3, -0.25) is 4.79 Å². The molecule has 2 fully saturated rings. The third kappa shape index (κ3) is 4.28. The summed E-state index contributed by atoms with van der Waals surface area (Å²) in [5.41, 5.74) is 4.33. The zero-order valence-electron chi connectivity index (χ0n) is 20.2. The van der Waals surface area contributed by atoms with Crippen molar-refractivity contribution in [2.45, 2.75) is 57.5 Å². The molecule has 2 aromatic rings. The lowest BCUT2D eigenvalue weighted by Crippen LogP contribution is -2.68. The first kappa shape index (κ1) is 23.4. The predicted octanol–water partition coefficient (Wildman–Crippen LogP) is 4.41. The molecule has 0 bridgehead atoms. The van der Waals surface area contributed by atoms with Gasteiger partial charge < -0.3 is 20.1 Å². The topological polar surface area (TPSA) is 95.9 Å². The van der Waals surface area contributed by atoms with Gasteiger partial charge in [-0.1, -0.05) is 62.4 Å². The summed E-state index contributed by atoms with van der Waals surface area (Å²) in [7, 11) is 0. The maximum Gasteiger partial charge on any atom is 0.407 e. The highest BCUT2D eigenvalue weighted by atomic mass is 16.5. The van der Waals surface area contributed by atoms with Crippen molar-refractivity contribution in [1.82, 2.24) is 10.2 Å². The van der Waals surface area contributed by atoms with Crippen LogP contribution in [0.15, 0.2) is 48.5 Å². The summed E-state index contributed by atoms with van der Waals surface area (Å²) in [6, 6.07) is 15.7. The number of amides is 2. The van der Waals surface area contributed by atoms with Gasteiger partial charge in [0.25, 0.3) is 0 Å². The molecule has 5 rings (SSSR count). The second kappa shape index (κ2) is 9.02. The van der Waals surface area contributed by atoms with Crippen molar-refractivity contribution in [2.24, 2.45) is 11.3 Å². The Kier molecular flexibility index (Phi) is 6.03. The monoisotopic (exact) mass is 476 g/mol. The van der Waals surface area contributed by atoms with Crippen LogP contribution in [0.2, 0.25) is 0 Å². The largest absolute Gasteiger partial charge is 0.480 e. The Morgan fingerprint density at radius 3 is 2.09 bits per heavy atom. The predicted molar refractivity (Wildman–Crippen MR) is 131 cm³/mol. The SMILES string of the molecule is CC1(C)CN(C(=O)C2CCC(NC(=O)OCC3c4ccccc4-c4ccccc43)CC2)C1C(=O)O. The number of hydrogen-bond acceptors (Lipinski definition) is 4. The van der Waals surface area contributed by atoms with Gasteiger partial charge in [0.05, 0.1) is 0 Å². The lowest BCUT2D eigenvalue weighted by molar-refractivity contribution is -0.174. The second-order valence-electron chi connectivity index (χ2n) is 10.7. The van der Waals surface area contributed by atoms with Crippen LogP contribution in [0.1, 0.15) is 56.6 Å². The number of carboxylic acid groups (broad SMARTS) is 1. The zero-order chi connectivity index (χ0) is 24.7. The summed E-state index contributed by atoms with van der Waals surface area (Å²) in [6.45, 7) is 4.51. The van der Waals surface area contributed by atoms with Crippen LogP contribution in [-0.4, -0.2) is 53.2 Å². The van der Waals surface area contributed by atoms with E-state index in [9.17, 15) is 19.5 Å². The van der Waals surface area contributed by atoms with Crippen molar-refractivity contribution in [3.05, 3.63) is 59.7 Å². The molecular weight excluding hydrogens is 444 g/mol. The third-order valence-electron chi connectivity index (χ3n) is 7.89. The van der Waals surface area contributed by atoms with Gasteiger partial charge in [-0.25, -0.2) is 9.59 Å². The summed E-state index contributed by atoms with van der Waals surface area (Å²) in [5, 5.41) is 12.5. The van der Waals surface area contributed by atoms with Gasteiger partial charge in [-0.2, -0.15) is 0 Å². The molecule has 1 heterocycles. The van der Waals surface area contributed by atoms with E-state index >= 15 is 0 Å². The average Bonchev–Trinajstić information content (AvgIpc) is 3.15. The Morgan fingerprint density at radius 2 is 1.54 bits per heavy atom. The summed E-state index contributed by atoms with van der Waals surface area (Å²) in [4.78, 5) is 38.6. The van der Waals surface area contributed by atoms with E-state index in [0.29, 0.717) is 32.2 Å². The number of likely N-dealkylation sites (tertiary alicyclic amines) is 1. The number of nitrogens with zero attached hydrogens (tertiary/aromatic N) is 1. The van der Waals surface area contributed by atoms with E-state index in [4.69, 9.17) is 4.74 Å². The van der Waals surface area contributed by atoms with E-state index < -0.39 is 23.5 Å². The molecule has 1 atom stereocenters. The normalized spacial score (nSPS) is 24.6. The average molecular weight is 477 g/mol. The highest BCUT2D eigenvalue weighted by molar-refractivity contribution is 5.88. The van der Waals surface area contributed by atoms with Gasteiger partial charge in [0.1, 0.15) is 12.6 Å².